The maximum absolute atomic E-state index is 13.9. The maximum Gasteiger partial charge on any atom is 0.246 e. The fourth-order valence-electron chi connectivity index (χ4n) is 7.55. The van der Waals surface area contributed by atoms with Crippen LogP contribution in [0.4, 0.5) is 4.39 Å². The highest BCUT2D eigenvalue weighted by Crippen LogP contribution is 2.57. The molecule has 3 aromatic carbocycles. The summed E-state index contributed by atoms with van der Waals surface area (Å²) in [6.07, 6.45) is 7.07. The van der Waals surface area contributed by atoms with E-state index in [4.69, 9.17) is 4.74 Å². The zero-order chi connectivity index (χ0) is 30.0. The van der Waals surface area contributed by atoms with Gasteiger partial charge >= 0.3 is 0 Å². The number of aryl methyl sites for hydroxylation is 2. The molecule has 0 bridgehead atoms. The van der Waals surface area contributed by atoms with E-state index in [1.165, 1.54) is 23.0 Å². The molecular formula is C33H34FN5O3S. The van der Waals surface area contributed by atoms with Crippen LogP contribution in [-0.4, -0.2) is 52.5 Å². The van der Waals surface area contributed by atoms with Crippen molar-refractivity contribution in [2.45, 2.75) is 42.1 Å². The van der Waals surface area contributed by atoms with Crippen LogP contribution < -0.4 is 0 Å². The SMILES string of the molecule is COC1(c2ccccc2)CCC2CN(S(=O)(=O)c3cnn(C)c3)CC2(c2cc3cnn(-c4ccc(F)cc4)c3cc2C)C1. The van der Waals surface area contributed by atoms with Crippen molar-refractivity contribution in [3.63, 3.8) is 0 Å². The zero-order valence-electron chi connectivity index (χ0n) is 24.4. The molecule has 8 nitrogen and oxygen atoms in total. The molecule has 1 saturated carbocycles. The van der Waals surface area contributed by atoms with Gasteiger partial charge in [0.1, 0.15) is 10.7 Å². The van der Waals surface area contributed by atoms with E-state index in [0.29, 0.717) is 19.5 Å². The van der Waals surface area contributed by atoms with Crippen molar-refractivity contribution in [2.24, 2.45) is 13.0 Å². The summed E-state index contributed by atoms with van der Waals surface area (Å²) in [5.74, 6) is -0.206. The van der Waals surface area contributed by atoms with Gasteiger partial charge in [0.15, 0.2) is 0 Å². The summed E-state index contributed by atoms with van der Waals surface area (Å²) in [4.78, 5) is 0.206. The van der Waals surface area contributed by atoms with E-state index in [0.717, 1.165) is 46.1 Å². The van der Waals surface area contributed by atoms with E-state index >= 15 is 0 Å². The number of fused-ring (bicyclic) bond motifs is 2. The van der Waals surface area contributed by atoms with Crippen molar-refractivity contribution in [2.75, 3.05) is 20.2 Å². The maximum atomic E-state index is 13.9. The molecule has 1 saturated heterocycles. The van der Waals surface area contributed by atoms with Crippen LogP contribution in [0, 0.1) is 18.7 Å². The Morgan fingerprint density at radius 3 is 2.49 bits per heavy atom. The number of nitrogens with zero attached hydrogens (tertiary/aromatic N) is 5. The minimum Gasteiger partial charge on any atom is -0.373 e. The predicted octanol–water partition coefficient (Wildman–Crippen LogP) is 5.49. The van der Waals surface area contributed by atoms with Gasteiger partial charge in [-0.15, -0.1) is 0 Å². The number of ether oxygens (including phenoxy) is 1. The standard InChI is InChI=1S/C33H34FN5O3S/c1-23-15-31-24(17-36-39(31)28-11-9-27(34)10-12-28)16-30(23)32-21-33(42-3,25-7-5-4-6-8-25)14-13-26(32)19-38(22-32)43(40,41)29-18-35-37(2)20-29/h4-12,15-18,20,26H,13-14,19,21-22H2,1-3H3. The summed E-state index contributed by atoms with van der Waals surface area (Å²) in [6, 6.07) is 20.9. The van der Waals surface area contributed by atoms with E-state index in [1.54, 1.807) is 36.8 Å². The van der Waals surface area contributed by atoms with E-state index in [9.17, 15) is 12.8 Å². The fourth-order valence-corrected chi connectivity index (χ4v) is 9.09. The third kappa shape index (κ3) is 4.42. The molecule has 0 amide bonds. The van der Waals surface area contributed by atoms with Crippen molar-refractivity contribution in [1.29, 1.82) is 0 Å². The van der Waals surface area contributed by atoms with Gasteiger partial charge < -0.3 is 4.74 Å². The molecule has 7 rings (SSSR count). The van der Waals surface area contributed by atoms with Crippen molar-refractivity contribution in [3.05, 3.63) is 108 Å². The number of methoxy groups -OCH3 is 1. The minimum absolute atomic E-state index is 0.0919. The number of halogens is 1. The van der Waals surface area contributed by atoms with E-state index in [2.05, 4.69) is 41.4 Å². The second kappa shape index (κ2) is 10.1. The average molecular weight is 600 g/mol. The molecule has 10 heteroatoms. The molecule has 43 heavy (non-hydrogen) atoms. The molecule has 222 valence electrons. The van der Waals surface area contributed by atoms with Crippen LogP contribution in [0.2, 0.25) is 0 Å². The quantitative estimate of drug-likeness (QED) is 0.258. The molecule has 0 spiro atoms. The monoisotopic (exact) mass is 599 g/mol. The third-order valence-electron chi connectivity index (χ3n) is 9.69. The Bertz CT molecular complexity index is 1920. The Morgan fingerprint density at radius 2 is 1.79 bits per heavy atom. The van der Waals surface area contributed by atoms with E-state index in [1.807, 2.05) is 29.1 Å². The molecule has 2 aromatic heterocycles. The van der Waals surface area contributed by atoms with Crippen LogP contribution in [0.25, 0.3) is 16.6 Å². The van der Waals surface area contributed by atoms with E-state index in [-0.39, 0.29) is 16.6 Å². The molecule has 0 radical (unpaired) electrons. The predicted molar refractivity (Wildman–Crippen MR) is 162 cm³/mol. The first-order chi connectivity index (χ1) is 20.6. The van der Waals surface area contributed by atoms with Crippen LogP contribution in [0.3, 0.4) is 0 Å². The van der Waals surface area contributed by atoms with Gasteiger partial charge in [-0.25, -0.2) is 17.5 Å². The summed E-state index contributed by atoms with van der Waals surface area (Å²) in [7, 11) is -0.269. The zero-order valence-corrected chi connectivity index (χ0v) is 25.3. The normalized spacial score (nSPS) is 24.4. The Labute approximate surface area is 250 Å². The Balaban J connectivity index is 1.38. The molecular weight excluding hydrogens is 565 g/mol. The van der Waals surface area contributed by atoms with Crippen LogP contribution in [-0.2, 0) is 32.8 Å². The molecule has 3 heterocycles. The molecule has 1 aliphatic carbocycles. The highest BCUT2D eigenvalue weighted by Gasteiger charge is 2.58. The Hall–Kier alpha value is -3.86. The van der Waals surface area contributed by atoms with Gasteiger partial charge in [0, 0.05) is 44.2 Å². The van der Waals surface area contributed by atoms with Gasteiger partial charge in [0.05, 0.1) is 29.2 Å². The van der Waals surface area contributed by atoms with Gasteiger partial charge in [-0.3, -0.25) is 4.68 Å². The highest BCUT2D eigenvalue weighted by molar-refractivity contribution is 7.89. The fraction of sp³-hybridized carbons (Fsp3) is 0.333. The molecule has 5 aromatic rings. The Kier molecular flexibility index (Phi) is 6.57. The van der Waals surface area contributed by atoms with Gasteiger partial charge in [-0.05, 0) is 85.2 Å². The molecule has 3 unspecified atom stereocenters. The molecule has 0 N–H and O–H groups in total. The summed E-state index contributed by atoms with van der Waals surface area (Å²) in [6.45, 7) is 2.86. The lowest BCUT2D eigenvalue weighted by atomic mass is 9.58. The topological polar surface area (TPSA) is 82.2 Å². The average Bonchev–Trinajstić information content (AvgIpc) is 3.74. The van der Waals surface area contributed by atoms with Crippen LogP contribution in [0.5, 0.6) is 0 Å². The smallest absolute Gasteiger partial charge is 0.246 e. The number of hydrogen-bond donors (Lipinski definition) is 0. The van der Waals surface area contributed by atoms with Crippen molar-refractivity contribution in [1.82, 2.24) is 23.9 Å². The first kappa shape index (κ1) is 27.9. The number of benzene rings is 3. The van der Waals surface area contributed by atoms with Gasteiger partial charge in [-0.2, -0.15) is 14.5 Å². The van der Waals surface area contributed by atoms with Crippen LogP contribution in [0.15, 0.2) is 90.2 Å². The van der Waals surface area contributed by atoms with Crippen molar-refractivity contribution >= 4 is 20.9 Å². The number of rotatable bonds is 6. The number of sulfonamides is 1. The minimum atomic E-state index is -3.76. The second-order valence-corrected chi connectivity index (χ2v) is 14.0. The summed E-state index contributed by atoms with van der Waals surface area (Å²) < 4.78 is 52.9. The lowest BCUT2D eigenvalue weighted by Crippen LogP contribution is -2.49. The summed E-state index contributed by atoms with van der Waals surface area (Å²) in [5, 5.41) is 9.73. The summed E-state index contributed by atoms with van der Waals surface area (Å²) >= 11 is 0. The van der Waals surface area contributed by atoms with Crippen LogP contribution >= 0.6 is 0 Å². The van der Waals surface area contributed by atoms with Crippen molar-refractivity contribution < 1.29 is 17.5 Å². The van der Waals surface area contributed by atoms with Gasteiger partial charge in [0.2, 0.25) is 10.0 Å². The first-order valence-electron chi connectivity index (χ1n) is 14.5. The van der Waals surface area contributed by atoms with Gasteiger partial charge in [0.25, 0.3) is 0 Å². The lowest BCUT2D eigenvalue weighted by Gasteiger charge is -2.49. The van der Waals surface area contributed by atoms with Gasteiger partial charge in [-0.1, -0.05) is 30.3 Å². The molecule has 3 atom stereocenters. The molecule has 2 fully saturated rings. The van der Waals surface area contributed by atoms with Crippen LogP contribution in [0.1, 0.15) is 36.0 Å². The lowest BCUT2D eigenvalue weighted by molar-refractivity contribution is -0.0763. The Morgan fingerprint density at radius 1 is 1.02 bits per heavy atom. The molecule has 2 aliphatic rings. The highest BCUT2D eigenvalue weighted by atomic mass is 32.2. The van der Waals surface area contributed by atoms with E-state index < -0.39 is 21.0 Å². The summed E-state index contributed by atoms with van der Waals surface area (Å²) in [5.41, 5.74) is 3.89. The first-order valence-corrected chi connectivity index (χ1v) is 15.9. The molecule has 1 aliphatic heterocycles. The second-order valence-electron chi connectivity index (χ2n) is 12.0. The largest absolute Gasteiger partial charge is 0.373 e. The van der Waals surface area contributed by atoms with Crippen molar-refractivity contribution in [3.8, 4) is 5.69 Å². The number of aromatic nitrogens is 4. The number of hydrogen-bond acceptors (Lipinski definition) is 5. The third-order valence-corrected chi connectivity index (χ3v) is 11.5.